The van der Waals surface area contributed by atoms with E-state index in [0.717, 1.165) is 5.56 Å². The highest BCUT2D eigenvalue weighted by Crippen LogP contribution is 2.06. The minimum Gasteiger partial charge on any atom is -0.598 e. The Morgan fingerprint density at radius 3 is 2.15 bits per heavy atom. The normalized spacial score (nSPS) is 14.1. The van der Waals surface area contributed by atoms with Crippen molar-refractivity contribution >= 4 is 10.0 Å². The van der Waals surface area contributed by atoms with Gasteiger partial charge in [-0.1, -0.05) is 17.7 Å². The van der Waals surface area contributed by atoms with Gasteiger partial charge in [0.15, 0.2) is 0 Å². The number of aryl methyl sites for hydroxylation is 1. The van der Waals surface area contributed by atoms with Gasteiger partial charge in [-0.05, 0) is 19.1 Å². The number of nitrogens with two attached hydrogens (primary N) is 1. The molecule has 0 aliphatic rings. The van der Waals surface area contributed by atoms with Crippen LogP contribution < -0.4 is 10.4 Å². The largest absolute Gasteiger partial charge is 0.598 e. The van der Waals surface area contributed by atoms with Crippen molar-refractivity contribution in [2.24, 2.45) is 5.84 Å². The zero-order chi connectivity index (χ0) is 10.1. The van der Waals surface area contributed by atoms with Crippen LogP contribution in [0.25, 0.3) is 0 Å². The fourth-order valence-electron chi connectivity index (χ4n) is 0.834. The summed E-state index contributed by atoms with van der Waals surface area (Å²) in [6.45, 7) is 1.82. The summed E-state index contributed by atoms with van der Waals surface area (Å²) in [5.41, 5.74) is 0.920. The van der Waals surface area contributed by atoms with Crippen LogP contribution in [0.3, 0.4) is 0 Å². The zero-order valence-electron chi connectivity index (χ0n) is 7.02. The lowest BCUT2D eigenvalue weighted by Crippen LogP contribution is -3.14. The van der Waals surface area contributed by atoms with E-state index in [1.165, 1.54) is 12.1 Å². The van der Waals surface area contributed by atoms with Gasteiger partial charge in [0.25, 0.3) is 0 Å². The molecule has 1 rings (SSSR count). The minimum atomic E-state index is -3.95. The van der Waals surface area contributed by atoms with Crippen molar-refractivity contribution in [1.82, 2.24) is 0 Å². The molecule has 6 heteroatoms. The van der Waals surface area contributed by atoms with Crippen LogP contribution in [0.15, 0.2) is 29.2 Å². The molecule has 5 nitrogen and oxygen atoms in total. The molecule has 0 aliphatic carbocycles. The van der Waals surface area contributed by atoms with Gasteiger partial charge in [-0.25, -0.2) is 0 Å². The molecule has 1 atom stereocenters. The van der Waals surface area contributed by atoms with Crippen molar-refractivity contribution < 1.29 is 13.0 Å². The van der Waals surface area contributed by atoms with Crippen molar-refractivity contribution in [1.29, 1.82) is 0 Å². The van der Waals surface area contributed by atoms with Crippen LogP contribution >= 0.6 is 0 Å². The van der Waals surface area contributed by atoms with E-state index < -0.39 is 14.6 Å². The Labute approximate surface area is 76.4 Å². The first kappa shape index (κ1) is 10.1. The van der Waals surface area contributed by atoms with Crippen molar-refractivity contribution in [3.8, 4) is 0 Å². The number of hydrogen-bond donors (Lipinski definition) is 2. The average Bonchev–Trinajstić information content (AvgIpc) is 2.04. The summed E-state index contributed by atoms with van der Waals surface area (Å²) in [6.07, 6.45) is 0. The van der Waals surface area contributed by atoms with Crippen molar-refractivity contribution in [2.45, 2.75) is 11.8 Å². The van der Waals surface area contributed by atoms with Crippen LogP contribution in [0.5, 0.6) is 0 Å². The van der Waals surface area contributed by atoms with Gasteiger partial charge in [0.05, 0.1) is 0 Å². The molecule has 0 aliphatic heterocycles. The van der Waals surface area contributed by atoms with Crippen LogP contribution in [-0.2, 0) is 10.0 Å². The first-order chi connectivity index (χ1) is 5.94. The second-order valence-corrected chi connectivity index (χ2v) is 4.52. The molecular weight excluding hydrogens is 192 g/mol. The maximum Gasteiger partial charge on any atom is 0.343 e. The molecule has 3 N–H and O–H groups in total. The van der Waals surface area contributed by atoms with Crippen LogP contribution in [0.4, 0.5) is 0 Å². The number of hydrogen-bond acceptors (Lipinski definition) is 4. The fraction of sp³-hybridized carbons (Fsp3) is 0.143. The molecule has 0 bridgehead atoms. The maximum atomic E-state index is 11.2. The molecule has 0 spiro atoms. The van der Waals surface area contributed by atoms with Gasteiger partial charge in [0.2, 0.25) is 0 Å². The molecule has 1 aromatic rings. The number of benzene rings is 1. The lowest BCUT2D eigenvalue weighted by atomic mass is 10.2. The fourth-order valence-corrected chi connectivity index (χ4v) is 1.56. The summed E-state index contributed by atoms with van der Waals surface area (Å²) in [4.78, 5) is -0.0643. The second-order valence-electron chi connectivity index (χ2n) is 2.64. The molecular formula is C7H10N2O3S. The van der Waals surface area contributed by atoms with E-state index in [-0.39, 0.29) is 4.90 Å². The Balaban J connectivity index is 3.17. The molecule has 1 unspecified atom stereocenters. The standard InChI is InChI=1S/C7H10N2O3S/c1-6-2-4-7(5-3-6)13(11,12)9(8)10/h2-5,9H,8H2,1H3. The van der Waals surface area contributed by atoms with E-state index >= 15 is 0 Å². The zero-order valence-corrected chi connectivity index (χ0v) is 7.84. The van der Waals surface area contributed by atoms with E-state index in [0.29, 0.717) is 0 Å². The molecule has 0 saturated carbocycles. The minimum absolute atomic E-state index is 0.0643. The Kier molecular flexibility index (Phi) is 2.67. The Morgan fingerprint density at radius 2 is 1.77 bits per heavy atom. The third-order valence-corrected chi connectivity index (χ3v) is 3.02. The molecule has 0 heterocycles. The van der Waals surface area contributed by atoms with Crippen LogP contribution in [0, 0.1) is 12.1 Å². The number of nitrogens with one attached hydrogen (secondary N) is 1. The number of sulfonamides is 1. The summed E-state index contributed by atoms with van der Waals surface area (Å²) in [5, 5.41) is 10.5. The average molecular weight is 202 g/mol. The summed E-state index contributed by atoms with van der Waals surface area (Å²) in [5.74, 6) is 4.71. The van der Waals surface area contributed by atoms with E-state index in [1.807, 2.05) is 6.92 Å². The monoisotopic (exact) mass is 202 g/mol. The molecule has 0 aromatic heterocycles. The maximum absolute atomic E-state index is 11.2. The van der Waals surface area contributed by atoms with E-state index in [1.54, 1.807) is 12.1 Å². The predicted octanol–water partition coefficient (Wildman–Crippen LogP) is -1.06. The smallest absolute Gasteiger partial charge is 0.343 e. The Hall–Kier alpha value is -0.950. The molecule has 1 aromatic carbocycles. The van der Waals surface area contributed by atoms with E-state index in [4.69, 9.17) is 5.84 Å². The molecule has 72 valence electrons. The topological polar surface area (TPSA) is 87.7 Å². The van der Waals surface area contributed by atoms with Gasteiger partial charge in [-0.2, -0.15) is 18.8 Å². The quantitative estimate of drug-likeness (QED) is 0.472. The lowest BCUT2D eigenvalue weighted by molar-refractivity contribution is -0.720. The first-order valence-electron chi connectivity index (χ1n) is 3.56. The SMILES string of the molecule is Cc1ccc(S(=O)(=O)[NH+](N)[O-])cc1. The van der Waals surface area contributed by atoms with Gasteiger partial charge in [-0.3, -0.25) is 0 Å². The second kappa shape index (κ2) is 3.43. The molecule has 0 radical (unpaired) electrons. The number of rotatable bonds is 2. The van der Waals surface area contributed by atoms with Crippen LogP contribution in [-0.4, -0.2) is 8.42 Å². The Bertz CT molecular complexity index is 383. The van der Waals surface area contributed by atoms with Gasteiger partial charge >= 0.3 is 10.0 Å². The lowest BCUT2D eigenvalue weighted by Gasteiger charge is -2.14. The van der Waals surface area contributed by atoms with Gasteiger partial charge < -0.3 is 5.21 Å². The first-order valence-corrected chi connectivity index (χ1v) is 5.04. The van der Waals surface area contributed by atoms with E-state index in [9.17, 15) is 13.6 Å². The molecule has 13 heavy (non-hydrogen) atoms. The summed E-state index contributed by atoms with van der Waals surface area (Å²) in [7, 11) is -3.95. The third kappa shape index (κ3) is 2.04. The number of quaternary nitrogens is 1. The third-order valence-electron chi connectivity index (χ3n) is 1.60. The molecule has 0 fully saturated rings. The van der Waals surface area contributed by atoms with Crippen LogP contribution in [0.2, 0.25) is 0 Å². The highest BCUT2D eigenvalue weighted by atomic mass is 32.2. The molecule has 0 amide bonds. The highest BCUT2D eigenvalue weighted by molar-refractivity contribution is 7.85. The van der Waals surface area contributed by atoms with Gasteiger partial charge in [0, 0.05) is 0 Å². The van der Waals surface area contributed by atoms with Crippen LogP contribution in [0.1, 0.15) is 5.56 Å². The molecule has 0 saturated heterocycles. The van der Waals surface area contributed by atoms with Crippen molar-refractivity contribution in [3.05, 3.63) is 35.0 Å². The summed E-state index contributed by atoms with van der Waals surface area (Å²) < 4.78 is 21.0. The van der Waals surface area contributed by atoms with Gasteiger partial charge in [-0.15, -0.1) is 0 Å². The predicted molar refractivity (Wildman–Crippen MR) is 46.9 cm³/mol. The van der Waals surface area contributed by atoms with Crippen molar-refractivity contribution in [3.63, 3.8) is 0 Å². The summed E-state index contributed by atoms with van der Waals surface area (Å²) >= 11 is 0. The Morgan fingerprint density at radius 1 is 1.31 bits per heavy atom. The van der Waals surface area contributed by atoms with E-state index in [2.05, 4.69) is 0 Å². The highest BCUT2D eigenvalue weighted by Gasteiger charge is 2.18. The summed E-state index contributed by atoms with van der Waals surface area (Å²) in [6, 6.07) is 5.93. The van der Waals surface area contributed by atoms with Crippen molar-refractivity contribution in [2.75, 3.05) is 0 Å². The van der Waals surface area contributed by atoms with Gasteiger partial charge in [0.1, 0.15) is 4.90 Å².